The van der Waals surface area contributed by atoms with Gasteiger partial charge in [-0.25, -0.2) is 0 Å². The molecule has 1 aliphatic heterocycles. The Balaban J connectivity index is 1.44. The number of halogens is 8. The zero-order valence-corrected chi connectivity index (χ0v) is 22.2. The van der Waals surface area contributed by atoms with Gasteiger partial charge in [-0.1, -0.05) is 76.7 Å². The molecule has 0 atom stereocenters. The third kappa shape index (κ3) is 5.87. The summed E-state index contributed by atoms with van der Waals surface area (Å²) in [6.45, 7) is 0. The quantitative estimate of drug-likeness (QED) is 0.169. The molecule has 0 bridgehead atoms. The Morgan fingerprint density at radius 3 is 2.11 bits per heavy atom. The standard InChI is InChI=1S/C25H17Cl2F6N2S2/c1-34-18-10-14(24(28,29)30)16(26)12-20(18)36-22(34)8-6-4-3-5-7-9-23-35(2)19-11-15(25(31,32)33)17(27)13-21(19)37-23/h3-13H,1-2H3/q+1. The van der Waals surface area contributed by atoms with E-state index in [1.54, 1.807) is 66.1 Å². The highest BCUT2D eigenvalue weighted by Gasteiger charge is 2.36. The fourth-order valence-electron chi connectivity index (χ4n) is 3.57. The average Bonchev–Trinajstić information content (AvgIpc) is 3.25. The number of aromatic nitrogens is 1. The first-order valence-electron chi connectivity index (χ1n) is 10.5. The van der Waals surface area contributed by atoms with Crippen LogP contribution in [0.15, 0.2) is 70.6 Å². The van der Waals surface area contributed by atoms with Crippen LogP contribution in [0.5, 0.6) is 0 Å². The number of anilines is 1. The van der Waals surface area contributed by atoms with E-state index in [-0.39, 0.29) is 10.0 Å². The van der Waals surface area contributed by atoms with Gasteiger partial charge >= 0.3 is 12.4 Å². The molecule has 0 aliphatic carbocycles. The van der Waals surface area contributed by atoms with Gasteiger partial charge in [0.2, 0.25) is 5.52 Å². The molecule has 2 nitrogen and oxygen atoms in total. The van der Waals surface area contributed by atoms with Gasteiger partial charge in [0.1, 0.15) is 11.7 Å². The highest BCUT2D eigenvalue weighted by Crippen LogP contribution is 2.49. The molecule has 2 aromatic carbocycles. The second-order valence-corrected chi connectivity index (χ2v) is 10.8. The average molecular weight is 594 g/mol. The number of thioether (sulfide) groups is 1. The lowest BCUT2D eigenvalue weighted by Crippen LogP contribution is -2.29. The van der Waals surface area contributed by atoms with Gasteiger partial charge in [-0.2, -0.15) is 30.9 Å². The monoisotopic (exact) mass is 593 g/mol. The van der Waals surface area contributed by atoms with Crippen LogP contribution < -0.4 is 9.47 Å². The van der Waals surface area contributed by atoms with Gasteiger partial charge in [0.15, 0.2) is 0 Å². The highest BCUT2D eigenvalue weighted by molar-refractivity contribution is 8.03. The van der Waals surface area contributed by atoms with E-state index in [1.807, 2.05) is 0 Å². The van der Waals surface area contributed by atoms with Crippen LogP contribution in [0.3, 0.4) is 0 Å². The summed E-state index contributed by atoms with van der Waals surface area (Å²) in [6.07, 6.45) is 3.24. The molecular weight excluding hydrogens is 577 g/mol. The third-order valence-electron chi connectivity index (χ3n) is 5.44. The Morgan fingerprint density at radius 2 is 1.43 bits per heavy atom. The van der Waals surface area contributed by atoms with Gasteiger partial charge in [-0.3, -0.25) is 0 Å². The molecule has 0 fully saturated rings. The Hall–Kier alpha value is -2.40. The SMILES string of the molecule is CN1/C(=C/C=C/C=C/C=C/c2sc3cc(Cl)c(C(F)(F)F)cc3[n+]2C)Sc2cc(Cl)c(C(F)(F)F)cc21. The molecule has 3 aromatic rings. The van der Waals surface area contributed by atoms with Crippen LogP contribution in [0.1, 0.15) is 16.1 Å². The van der Waals surface area contributed by atoms with Crippen LogP contribution in [0, 0.1) is 0 Å². The van der Waals surface area contributed by atoms with E-state index in [0.29, 0.717) is 20.8 Å². The van der Waals surface area contributed by atoms with Crippen molar-refractivity contribution in [3.8, 4) is 0 Å². The summed E-state index contributed by atoms with van der Waals surface area (Å²) in [7, 11) is 3.36. The van der Waals surface area contributed by atoms with Crippen molar-refractivity contribution in [2.75, 3.05) is 11.9 Å². The maximum Gasteiger partial charge on any atom is 0.418 e. The molecule has 4 rings (SSSR count). The number of fused-ring (bicyclic) bond motifs is 2. The van der Waals surface area contributed by atoms with E-state index in [4.69, 9.17) is 23.2 Å². The third-order valence-corrected chi connectivity index (χ3v) is 8.40. The summed E-state index contributed by atoms with van der Waals surface area (Å²) in [5, 5.41) is 0.795. The van der Waals surface area contributed by atoms with E-state index in [2.05, 4.69) is 0 Å². The molecule has 12 heteroatoms. The Labute approximate surface area is 226 Å². The molecule has 0 spiro atoms. The van der Waals surface area contributed by atoms with Gasteiger partial charge in [0.05, 0.1) is 31.9 Å². The molecule has 0 N–H and O–H groups in total. The minimum absolute atomic E-state index is 0.338. The molecule has 0 saturated heterocycles. The zero-order chi connectivity index (χ0) is 27.1. The predicted octanol–water partition coefficient (Wildman–Crippen LogP) is 9.28. The van der Waals surface area contributed by atoms with E-state index >= 15 is 0 Å². The molecule has 2 heterocycles. The summed E-state index contributed by atoms with van der Waals surface area (Å²) in [4.78, 5) is 2.30. The molecule has 0 amide bonds. The maximum atomic E-state index is 13.2. The van der Waals surface area contributed by atoms with E-state index in [9.17, 15) is 26.3 Å². The Morgan fingerprint density at radius 1 is 0.838 bits per heavy atom. The predicted molar refractivity (Wildman–Crippen MR) is 139 cm³/mol. The number of alkyl halides is 6. The summed E-state index contributed by atoms with van der Waals surface area (Å²) >= 11 is 14.3. The molecule has 0 saturated carbocycles. The van der Waals surface area contributed by atoms with Crippen LogP contribution in [-0.4, -0.2) is 7.05 Å². The van der Waals surface area contributed by atoms with Crippen molar-refractivity contribution < 1.29 is 30.9 Å². The lowest BCUT2D eigenvalue weighted by molar-refractivity contribution is -0.642. The lowest BCUT2D eigenvalue weighted by atomic mass is 10.2. The van der Waals surface area contributed by atoms with Crippen LogP contribution in [0.2, 0.25) is 10.0 Å². The molecule has 1 aliphatic rings. The first-order chi connectivity index (χ1) is 17.3. The fourth-order valence-corrected chi connectivity index (χ4v) is 6.41. The van der Waals surface area contributed by atoms with Crippen molar-refractivity contribution >= 4 is 68.3 Å². The number of allylic oxidation sites excluding steroid dienone is 6. The zero-order valence-electron chi connectivity index (χ0n) is 19.1. The van der Waals surface area contributed by atoms with E-state index in [0.717, 1.165) is 22.2 Å². The number of nitrogens with zero attached hydrogens (tertiary/aromatic N) is 2. The number of benzene rings is 2. The number of hydrogen-bond donors (Lipinski definition) is 0. The van der Waals surface area contributed by atoms with Crippen LogP contribution >= 0.6 is 46.3 Å². The summed E-state index contributed by atoms with van der Waals surface area (Å²) in [5.74, 6) is 0. The first-order valence-corrected chi connectivity index (χ1v) is 12.9. The molecule has 194 valence electrons. The minimum Gasteiger partial charge on any atom is -0.338 e. The summed E-state index contributed by atoms with van der Waals surface area (Å²) in [6, 6.07) is 4.74. The van der Waals surface area contributed by atoms with Crippen LogP contribution in [0.4, 0.5) is 32.0 Å². The topological polar surface area (TPSA) is 7.12 Å². The molecule has 0 radical (unpaired) electrons. The largest absolute Gasteiger partial charge is 0.418 e. The van der Waals surface area contributed by atoms with Gasteiger partial charge in [0.25, 0.3) is 5.01 Å². The van der Waals surface area contributed by atoms with Crippen molar-refractivity contribution in [3.05, 3.63) is 91.9 Å². The van der Waals surface area contributed by atoms with Crippen molar-refractivity contribution in [2.45, 2.75) is 17.2 Å². The van der Waals surface area contributed by atoms with Gasteiger partial charge in [0, 0.05) is 24.1 Å². The second-order valence-electron chi connectivity index (χ2n) is 7.89. The van der Waals surface area contributed by atoms with Crippen molar-refractivity contribution in [3.63, 3.8) is 0 Å². The Kier molecular flexibility index (Phi) is 7.77. The van der Waals surface area contributed by atoms with E-state index < -0.39 is 23.5 Å². The normalized spacial score (nSPS) is 15.9. The summed E-state index contributed by atoms with van der Waals surface area (Å²) in [5.41, 5.74) is -0.884. The number of aryl methyl sites for hydroxylation is 1. The summed E-state index contributed by atoms with van der Waals surface area (Å²) < 4.78 is 81.2. The second kappa shape index (κ2) is 10.4. The Bertz CT molecular complexity index is 1480. The van der Waals surface area contributed by atoms with E-state index in [1.165, 1.54) is 35.2 Å². The van der Waals surface area contributed by atoms with Crippen LogP contribution in [0.25, 0.3) is 16.3 Å². The van der Waals surface area contributed by atoms with Gasteiger partial charge in [-0.15, -0.1) is 0 Å². The van der Waals surface area contributed by atoms with Crippen molar-refractivity contribution in [1.82, 2.24) is 0 Å². The number of hydrogen-bond acceptors (Lipinski definition) is 3. The number of thiazole rings is 1. The fraction of sp³-hybridized carbons (Fsp3) is 0.160. The molecule has 37 heavy (non-hydrogen) atoms. The van der Waals surface area contributed by atoms with Crippen molar-refractivity contribution in [2.24, 2.45) is 7.05 Å². The smallest absolute Gasteiger partial charge is 0.338 e. The lowest BCUT2D eigenvalue weighted by Gasteiger charge is -2.15. The number of rotatable bonds is 4. The van der Waals surface area contributed by atoms with Crippen LogP contribution in [-0.2, 0) is 19.4 Å². The van der Waals surface area contributed by atoms with Gasteiger partial charge < -0.3 is 4.90 Å². The van der Waals surface area contributed by atoms with Crippen molar-refractivity contribution in [1.29, 1.82) is 0 Å². The molecule has 1 aromatic heterocycles. The van der Waals surface area contributed by atoms with Gasteiger partial charge in [-0.05, 0) is 24.3 Å². The maximum absolute atomic E-state index is 13.2. The molecular formula is C25H17Cl2F6N2S2+. The highest BCUT2D eigenvalue weighted by atomic mass is 35.5. The first kappa shape index (κ1) is 27.6. The molecule has 0 unspecified atom stereocenters. The minimum atomic E-state index is -4.53.